The Kier molecular flexibility index (Phi) is 7.53. The lowest BCUT2D eigenvalue weighted by Gasteiger charge is -2.48. The number of aliphatic hydroxyl groups is 2. The Morgan fingerprint density at radius 2 is 1.79 bits per heavy atom. The minimum atomic E-state index is -1.25. The summed E-state index contributed by atoms with van der Waals surface area (Å²) >= 11 is 2.71. The molecular weight excluding hydrogens is 412 g/mol. The summed E-state index contributed by atoms with van der Waals surface area (Å²) in [5.41, 5.74) is -0.359. The Morgan fingerprint density at radius 3 is 2.28 bits per heavy atom. The Balaban J connectivity index is 2.16. The van der Waals surface area contributed by atoms with Crippen molar-refractivity contribution in [1.29, 1.82) is 0 Å². The van der Waals surface area contributed by atoms with E-state index in [1.807, 2.05) is 24.6 Å². The fourth-order valence-electron chi connectivity index (χ4n) is 3.14. The third-order valence-electron chi connectivity index (χ3n) is 5.24. The molecule has 1 fully saturated rings. The average molecular weight is 443 g/mol. The summed E-state index contributed by atoms with van der Waals surface area (Å²) in [5.74, 6) is 0.365. The molecule has 0 bridgehead atoms. The second-order valence-electron chi connectivity index (χ2n) is 7.69. The first kappa shape index (κ1) is 23.9. The van der Waals surface area contributed by atoms with Crippen LogP contribution in [0.5, 0.6) is 5.75 Å². The molecule has 162 valence electrons. The number of nitrogens with zero attached hydrogens (tertiary/aromatic N) is 2. The number of rotatable bonds is 8. The van der Waals surface area contributed by atoms with Crippen LogP contribution >= 0.6 is 23.5 Å². The smallest absolute Gasteiger partial charge is 0.260 e. The number of thioether (sulfide) groups is 2. The lowest BCUT2D eigenvalue weighted by atomic mass is 10.0. The van der Waals surface area contributed by atoms with Crippen molar-refractivity contribution >= 4 is 35.3 Å². The molecule has 2 N–H and O–H groups in total. The highest BCUT2D eigenvalue weighted by molar-refractivity contribution is 8.01. The molecule has 1 aromatic rings. The van der Waals surface area contributed by atoms with Gasteiger partial charge in [-0.05, 0) is 44.1 Å². The Bertz CT molecular complexity index is 737. The van der Waals surface area contributed by atoms with Crippen molar-refractivity contribution in [3.8, 4) is 5.75 Å². The van der Waals surface area contributed by atoms with E-state index in [0.29, 0.717) is 12.2 Å². The van der Waals surface area contributed by atoms with Gasteiger partial charge in [-0.3, -0.25) is 9.59 Å². The third-order valence-corrected chi connectivity index (χ3v) is 7.47. The summed E-state index contributed by atoms with van der Waals surface area (Å²) < 4.78 is 5.54. The fraction of sp³-hybridized carbons (Fsp3) is 0.600. The molecule has 29 heavy (non-hydrogen) atoms. The standard InChI is InChI=1S/C20H30N2O5S2/c1-19(2,26)15(23)12-27-14-9-7-13(8-10-14)11-20(29-6)18(25)21(3)17(28-5)16(24)22(20)4/h7-10,15,17,23,26H,11-12H2,1-6H3/t15-,17+,20-/m0/s1. The van der Waals surface area contributed by atoms with E-state index >= 15 is 0 Å². The van der Waals surface area contributed by atoms with Gasteiger partial charge >= 0.3 is 0 Å². The van der Waals surface area contributed by atoms with Gasteiger partial charge in [0.05, 0.1) is 5.60 Å². The summed E-state index contributed by atoms with van der Waals surface area (Å²) in [4.78, 5) is 28.0. The van der Waals surface area contributed by atoms with E-state index in [-0.39, 0.29) is 18.4 Å². The third kappa shape index (κ3) is 4.84. The van der Waals surface area contributed by atoms with Gasteiger partial charge in [0.25, 0.3) is 11.8 Å². The highest BCUT2D eigenvalue weighted by Gasteiger charge is 2.53. The zero-order valence-corrected chi connectivity index (χ0v) is 19.3. The van der Waals surface area contributed by atoms with Gasteiger partial charge in [0.2, 0.25) is 0 Å². The van der Waals surface area contributed by atoms with E-state index in [2.05, 4.69) is 0 Å². The van der Waals surface area contributed by atoms with Crippen molar-refractivity contribution in [3.05, 3.63) is 29.8 Å². The highest BCUT2D eigenvalue weighted by atomic mass is 32.2. The molecular formula is C20H30N2O5S2. The summed E-state index contributed by atoms with van der Waals surface area (Å²) in [6.07, 6.45) is 3.01. The molecule has 1 aliphatic heterocycles. The molecule has 1 saturated heterocycles. The second kappa shape index (κ2) is 9.16. The predicted octanol–water partition coefficient (Wildman–Crippen LogP) is 1.42. The van der Waals surface area contributed by atoms with Crippen molar-refractivity contribution in [2.75, 3.05) is 33.2 Å². The van der Waals surface area contributed by atoms with Crippen LogP contribution in [0.2, 0.25) is 0 Å². The Morgan fingerprint density at radius 1 is 1.21 bits per heavy atom. The van der Waals surface area contributed by atoms with E-state index in [9.17, 15) is 19.8 Å². The van der Waals surface area contributed by atoms with Crippen LogP contribution in [-0.4, -0.2) is 87.0 Å². The summed E-state index contributed by atoms with van der Waals surface area (Å²) in [6.45, 7) is 3.00. The number of benzene rings is 1. The number of amides is 2. The van der Waals surface area contributed by atoms with Crippen molar-refractivity contribution in [1.82, 2.24) is 9.80 Å². The van der Waals surface area contributed by atoms with Crippen LogP contribution < -0.4 is 4.74 Å². The second-order valence-corrected chi connectivity index (χ2v) is 9.69. The van der Waals surface area contributed by atoms with Crippen molar-refractivity contribution in [2.24, 2.45) is 0 Å². The zero-order valence-electron chi connectivity index (χ0n) is 17.7. The van der Waals surface area contributed by atoms with Crippen LogP contribution in [0, 0.1) is 0 Å². The molecule has 3 atom stereocenters. The quantitative estimate of drug-likeness (QED) is 0.629. The number of piperazine rings is 1. The molecule has 2 amide bonds. The summed E-state index contributed by atoms with van der Waals surface area (Å²) in [6, 6.07) is 7.19. The van der Waals surface area contributed by atoms with Gasteiger partial charge in [-0.25, -0.2) is 0 Å². The number of likely N-dealkylation sites (N-methyl/N-ethyl adjacent to an activating group) is 2. The van der Waals surface area contributed by atoms with E-state index in [1.165, 1.54) is 42.3 Å². The maximum Gasteiger partial charge on any atom is 0.260 e. The van der Waals surface area contributed by atoms with Crippen LogP contribution in [0.4, 0.5) is 0 Å². The van der Waals surface area contributed by atoms with Crippen molar-refractivity contribution < 1.29 is 24.5 Å². The summed E-state index contributed by atoms with van der Waals surface area (Å²) in [7, 11) is 3.35. The predicted molar refractivity (Wildman–Crippen MR) is 117 cm³/mol. The number of ether oxygens (including phenoxy) is 1. The minimum absolute atomic E-state index is 0.0335. The fourth-order valence-corrected chi connectivity index (χ4v) is 4.91. The molecule has 9 heteroatoms. The Hall–Kier alpha value is -1.42. The first-order valence-corrected chi connectivity index (χ1v) is 11.7. The van der Waals surface area contributed by atoms with Crippen molar-refractivity contribution in [2.45, 2.75) is 42.2 Å². The highest BCUT2D eigenvalue weighted by Crippen LogP contribution is 2.39. The van der Waals surface area contributed by atoms with Gasteiger partial charge in [-0.2, -0.15) is 0 Å². The van der Waals surface area contributed by atoms with Crippen LogP contribution in [0.25, 0.3) is 0 Å². The van der Waals surface area contributed by atoms with Gasteiger partial charge in [0, 0.05) is 20.5 Å². The maximum atomic E-state index is 13.2. The first-order chi connectivity index (χ1) is 13.5. The lowest BCUT2D eigenvalue weighted by Crippen LogP contribution is -2.68. The molecule has 7 nitrogen and oxygen atoms in total. The number of carbonyl (C=O) groups is 2. The molecule has 0 spiro atoms. The number of carbonyl (C=O) groups excluding carboxylic acids is 2. The topological polar surface area (TPSA) is 90.3 Å². The molecule has 0 saturated carbocycles. The van der Waals surface area contributed by atoms with E-state index < -0.39 is 21.9 Å². The SMILES string of the molecule is CS[C@@H]1C(=O)N(C)[C@@](Cc2ccc(OC[C@H](O)C(C)(C)O)cc2)(SC)C(=O)N1C. The minimum Gasteiger partial charge on any atom is -0.491 e. The van der Waals surface area contributed by atoms with Crippen LogP contribution in [0.1, 0.15) is 19.4 Å². The molecule has 1 heterocycles. The average Bonchev–Trinajstić information content (AvgIpc) is 2.68. The maximum absolute atomic E-state index is 13.2. The molecule has 0 radical (unpaired) electrons. The molecule has 2 rings (SSSR count). The molecule has 1 aromatic carbocycles. The molecule has 0 aromatic heterocycles. The van der Waals surface area contributed by atoms with E-state index in [0.717, 1.165) is 5.56 Å². The van der Waals surface area contributed by atoms with Crippen molar-refractivity contribution in [3.63, 3.8) is 0 Å². The molecule has 0 aliphatic carbocycles. The Labute approximate surface area is 180 Å². The molecule has 1 aliphatic rings. The van der Waals surface area contributed by atoms with Gasteiger partial charge in [-0.1, -0.05) is 12.1 Å². The number of aliphatic hydroxyl groups excluding tert-OH is 1. The zero-order chi connectivity index (χ0) is 22.0. The number of hydrogen-bond donors (Lipinski definition) is 2. The monoisotopic (exact) mass is 442 g/mol. The largest absolute Gasteiger partial charge is 0.491 e. The molecule has 0 unspecified atom stereocenters. The van der Waals surface area contributed by atoms with Gasteiger partial charge < -0.3 is 24.7 Å². The van der Waals surface area contributed by atoms with Gasteiger partial charge in [-0.15, -0.1) is 23.5 Å². The van der Waals surface area contributed by atoms with Gasteiger partial charge in [0.15, 0.2) is 10.2 Å². The first-order valence-electron chi connectivity index (χ1n) is 9.23. The summed E-state index contributed by atoms with van der Waals surface area (Å²) in [5, 5.41) is 19.1. The van der Waals surface area contributed by atoms with E-state index in [4.69, 9.17) is 4.74 Å². The number of hydrogen-bond acceptors (Lipinski definition) is 7. The lowest BCUT2D eigenvalue weighted by molar-refractivity contribution is -0.156. The van der Waals surface area contributed by atoms with E-state index in [1.54, 1.807) is 31.1 Å². The van der Waals surface area contributed by atoms with Crippen LogP contribution in [0.3, 0.4) is 0 Å². The van der Waals surface area contributed by atoms with Crippen LogP contribution in [0.15, 0.2) is 24.3 Å². The van der Waals surface area contributed by atoms with Crippen LogP contribution in [-0.2, 0) is 16.0 Å². The normalized spacial score (nSPS) is 24.1. The van der Waals surface area contributed by atoms with Gasteiger partial charge in [0.1, 0.15) is 18.5 Å².